The fraction of sp³-hybridized carbons (Fsp3) is 0.467. The predicted octanol–water partition coefficient (Wildman–Crippen LogP) is 3.18. The Bertz CT molecular complexity index is 584. The van der Waals surface area contributed by atoms with Crippen LogP contribution >= 0.6 is 11.6 Å². The van der Waals surface area contributed by atoms with E-state index in [4.69, 9.17) is 11.6 Å². The summed E-state index contributed by atoms with van der Waals surface area (Å²) in [4.78, 5) is 4.66. The Morgan fingerprint density at radius 3 is 2.55 bits per heavy atom. The molecule has 0 saturated carbocycles. The fourth-order valence-electron chi connectivity index (χ4n) is 1.81. The highest BCUT2D eigenvalue weighted by Gasteiger charge is 2.10. The summed E-state index contributed by atoms with van der Waals surface area (Å²) in [5.74, 6) is 0. The SMILES string of the molecule is Cc1c(Cl)cnn1Cc1cccc(CNC(C)(C)C)n1. The van der Waals surface area contributed by atoms with E-state index in [-0.39, 0.29) is 5.54 Å². The molecule has 2 aromatic rings. The molecule has 2 heterocycles. The molecule has 0 bridgehead atoms. The van der Waals surface area contributed by atoms with Gasteiger partial charge < -0.3 is 5.32 Å². The zero-order valence-corrected chi connectivity index (χ0v) is 13.2. The van der Waals surface area contributed by atoms with Gasteiger partial charge in [-0.2, -0.15) is 5.10 Å². The highest BCUT2D eigenvalue weighted by atomic mass is 35.5. The maximum atomic E-state index is 6.01. The lowest BCUT2D eigenvalue weighted by molar-refractivity contribution is 0.421. The van der Waals surface area contributed by atoms with Gasteiger partial charge in [0.05, 0.1) is 34.8 Å². The molecule has 108 valence electrons. The Morgan fingerprint density at radius 2 is 1.95 bits per heavy atom. The molecular weight excluding hydrogens is 272 g/mol. The van der Waals surface area contributed by atoms with Crippen molar-refractivity contribution in [2.45, 2.75) is 46.3 Å². The molecule has 4 nitrogen and oxygen atoms in total. The van der Waals surface area contributed by atoms with Gasteiger partial charge in [0.1, 0.15) is 0 Å². The van der Waals surface area contributed by atoms with E-state index < -0.39 is 0 Å². The highest BCUT2D eigenvalue weighted by Crippen LogP contribution is 2.14. The van der Waals surface area contributed by atoms with Gasteiger partial charge in [-0.1, -0.05) is 17.7 Å². The lowest BCUT2D eigenvalue weighted by atomic mass is 10.1. The normalized spacial score (nSPS) is 11.8. The average molecular weight is 293 g/mol. The van der Waals surface area contributed by atoms with Gasteiger partial charge in [-0.05, 0) is 39.8 Å². The number of hydrogen-bond donors (Lipinski definition) is 1. The smallest absolute Gasteiger partial charge is 0.0835 e. The molecule has 0 amide bonds. The van der Waals surface area contributed by atoms with Gasteiger partial charge in [0.2, 0.25) is 0 Å². The summed E-state index contributed by atoms with van der Waals surface area (Å²) in [6.07, 6.45) is 1.67. The molecule has 0 saturated heterocycles. The van der Waals surface area contributed by atoms with Crippen molar-refractivity contribution in [2.75, 3.05) is 0 Å². The van der Waals surface area contributed by atoms with Crippen LogP contribution in [0.3, 0.4) is 0 Å². The highest BCUT2D eigenvalue weighted by molar-refractivity contribution is 6.31. The number of hydrogen-bond acceptors (Lipinski definition) is 3. The first-order chi connectivity index (χ1) is 9.35. The zero-order valence-electron chi connectivity index (χ0n) is 12.4. The van der Waals surface area contributed by atoms with Crippen molar-refractivity contribution < 1.29 is 0 Å². The standard InChI is InChI=1S/C15H21ClN4/c1-11-14(16)9-18-20(11)10-13-7-5-6-12(19-13)8-17-15(2,3)4/h5-7,9,17H,8,10H2,1-4H3. The van der Waals surface area contributed by atoms with E-state index in [9.17, 15) is 0 Å². The maximum absolute atomic E-state index is 6.01. The molecule has 2 aromatic heterocycles. The zero-order chi connectivity index (χ0) is 14.8. The summed E-state index contributed by atoms with van der Waals surface area (Å²) in [7, 11) is 0. The predicted molar refractivity (Wildman–Crippen MR) is 81.9 cm³/mol. The first-order valence-electron chi connectivity index (χ1n) is 6.73. The second-order valence-electron chi connectivity index (χ2n) is 5.96. The van der Waals surface area contributed by atoms with Crippen LogP contribution in [-0.4, -0.2) is 20.3 Å². The van der Waals surface area contributed by atoms with E-state index in [1.165, 1.54) is 0 Å². The van der Waals surface area contributed by atoms with E-state index in [1.54, 1.807) is 6.20 Å². The molecule has 0 fully saturated rings. The summed E-state index contributed by atoms with van der Waals surface area (Å²) in [5.41, 5.74) is 3.07. The summed E-state index contributed by atoms with van der Waals surface area (Å²) >= 11 is 6.01. The van der Waals surface area contributed by atoms with Gasteiger partial charge in [0, 0.05) is 12.1 Å². The average Bonchev–Trinajstić information content (AvgIpc) is 2.68. The summed E-state index contributed by atoms with van der Waals surface area (Å²) in [6.45, 7) is 9.79. The third kappa shape index (κ3) is 4.05. The number of nitrogens with zero attached hydrogens (tertiary/aromatic N) is 3. The van der Waals surface area contributed by atoms with Gasteiger partial charge in [-0.25, -0.2) is 0 Å². The Balaban J connectivity index is 2.08. The molecule has 2 rings (SSSR count). The van der Waals surface area contributed by atoms with E-state index in [0.29, 0.717) is 11.6 Å². The monoisotopic (exact) mass is 292 g/mol. The van der Waals surface area contributed by atoms with E-state index in [2.05, 4.69) is 36.2 Å². The van der Waals surface area contributed by atoms with Gasteiger partial charge in [0.15, 0.2) is 0 Å². The third-order valence-electron chi connectivity index (χ3n) is 3.02. The van der Waals surface area contributed by atoms with Gasteiger partial charge in [-0.15, -0.1) is 0 Å². The van der Waals surface area contributed by atoms with E-state index >= 15 is 0 Å². The molecule has 0 aliphatic carbocycles. The molecular formula is C15H21ClN4. The Labute approximate surface area is 125 Å². The van der Waals surface area contributed by atoms with Crippen LogP contribution in [-0.2, 0) is 13.1 Å². The fourth-order valence-corrected chi connectivity index (χ4v) is 1.95. The van der Waals surface area contributed by atoms with Crippen LogP contribution in [0.1, 0.15) is 37.9 Å². The number of rotatable bonds is 4. The van der Waals surface area contributed by atoms with Crippen molar-refractivity contribution in [3.8, 4) is 0 Å². The molecule has 1 N–H and O–H groups in total. The molecule has 0 atom stereocenters. The largest absolute Gasteiger partial charge is 0.306 e. The van der Waals surface area contributed by atoms with Crippen molar-refractivity contribution in [2.24, 2.45) is 0 Å². The molecule has 5 heteroatoms. The minimum atomic E-state index is 0.0871. The lowest BCUT2D eigenvalue weighted by Crippen LogP contribution is -2.35. The van der Waals surface area contributed by atoms with E-state index in [0.717, 1.165) is 23.6 Å². The van der Waals surface area contributed by atoms with Gasteiger partial charge in [0.25, 0.3) is 0 Å². The maximum Gasteiger partial charge on any atom is 0.0835 e. The molecule has 20 heavy (non-hydrogen) atoms. The molecule has 0 aliphatic heterocycles. The first-order valence-corrected chi connectivity index (χ1v) is 7.11. The van der Waals surface area contributed by atoms with Crippen LogP contribution in [0.5, 0.6) is 0 Å². The Morgan fingerprint density at radius 1 is 1.25 bits per heavy atom. The van der Waals surface area contributed by atoms with Crippen molar-refractivity contribution >= 4 is 11.6 Å². The number of nitrogens with one attached hydrogen (secondary N) is 1. The molecule has 0 aliphatic rings. The number of halogens is 1. The van der Waals surface area contributed by atoms with Crippen molar-refractivity contribution in [3.63, 3.8) is 0 Å². The second kappa shape index (κ2) is 5.94. The van der Waals surface area contributed by atoms with Crippen molar-refractivity contribution in [3.05, 3.63) is 46.5 Å². The Kier molecular flexibility index (Phi) is 4.45. The van der Waals surface area contributed by atoms with Crippen LogP contribution in [0.4, 0.5) is 0 Å². The van der Waals surface area contributed by atoms with Crippen LogP contribution in [0.2, 0.25) is 5.02 Å². The van der Waals surface area contributed by atoms with Crippen LogP contribution < -0.4 is 5.32 Å². The molecule has 0 unspecified atom stereocenters. The molecule has 0 radical (unpaired) electrons. The first kappa shape index (κ1) is 15.0. The third-order valence-corrected chi connectivity index (χ3v) is 3.39. The quantitative estimate of drug-likeness (QED) is 0.941. The lowest BCUT2D eigenvalue weighted by Gasteiger charge is -2.20. The van der Waals surface area contributed by atoms with Crippen LogP contribution in [0.15, 0.2) is 24.4 Å². The van der Waals surface area contributed by atoms with Crippen LogP contribution in [0, 0.1) is 6.92 Å². The topological polar surface area (TPSA) is 42.7 Å². The van der Waals surface area contributed by atoms with Gasteiger partial charge >= 0.3 is 0 Å². The molecule has 0 aromatic carbocycles. The van der Waals surface area contributed by atoms with E-state index in [1.807, 2.05) is 29.8 Å². The summed E-state index contributed by atoms with van der Waals surface area (Å²) in [5, 5.41) is 8.38. The Hall–Kier alpha value is -1.39. The second-order valence-corrected chi connectivity index (χ2v) is 6.37. The minimum absolute atomic E-state index is 0.0871. The summed E-state index contributed by atoms with van der Waals surface area (Å²) < 4.78 is 1.87. The van der Waals surface area contributed by atoms with Crippen molar-refractivity contribution in [1.29, 1.82) is 0 Å². The van der Waals surface area contributed by atoms with Crippen molar-refractivity contribution in [1.82, 2.24) is 20.1 Å². The summed E-state index contributed by atoms with van der Waals surface area (Å²) in [6, 6.07) is 6.07. The number of pyridine rings is 1. The number of aromatic nitrogens is 3. The molecule has 0 spiro atoms. The minimum Gasteiger partial charge on any atom is -0.306 e. The van der Waals surface area contributed by atoms with Crippen LogP contribution in [0.25, 0.3) is 0 Å². The van der Waals surface area contributed by atoms with Gasteiger partial charge in [-0.3, -0.25) is 9.67 Å².